The van der Waals surface area contributed by atoms with Crippen LogP contribution in [0.4, 0.5) is 5.82 Å². The molecule has 0 aliphatic rings. The summed E-state index contributed by atoms with van der Waals surface area (Å²) in [5, 5.41) is 11.6. The molecule has 1 amide bonds. The first kappa shape index (κ1) is 7.81. The SMILES string of the molecule is O=CNc1ncc(Cl)cc1O. The summed E-state index contributed by atoms with van der Waals surface area (Å²) in [6.07, 6.45) is 1.75. The Bertz CT molecular complexity index is 277. The largest absolute Gasteiger partial charge is 0.504 e. The first-order valence-corrected chi connectivity index (χ1v) is 3.16. The van der Waals surface area contributed by atoms with Gasteiger partial charge in [-0.15, -0.1) is 0 Å². The van der Waals surface area contributed by atoms with Gasteiger partial charge in [-0.3, -0.25) is 4.79 Å². The lowest BCUT2D eigenvalue weighted by Crippen LogP contribution is -1.96. The number of amides is 1. The summed E-state index contributed by atoms with van der Waals surface area (Å²) < 4.78 is 0. The lowest BCUT2D eigenvalue weighted by atomic mass is 10.4. The molecule has 0 saturated heterocycles. The van der Waals surface area contributed by atoms with Crippen LogP contribution >= 0.6 is 11.6 Å². The average molecular weight is 173 g/mol. The van der Waals surface area contributed by atoms with Crippen LogP contribution in [-0.2, 0) is 4.79 Å². The topological polar surface area (TPSA) is 62.2 Å². The van der Waals surface area contributed by atoms with E-state index in [1.54, 1.807) is 0 Å². The number of carbonyl (C=O) groups excluding carboxylic acids is 1. The molecule has 0 aromatic carbocycles. The smallest absolute Gasteiger partial charge is 0.212 e. The quantitative estimate of drug-likeness (QED) is 0.655. The van der Waals surface area contributed by atoms with E-state index >= 15 is 0 Å². The fourth-order valence-corrected chi connectivity index (χ4v) is 0.748. The highest BCUT2D eigenvalue weighted by molar-refractivity contribution is 6.30. The molecule has 0 saturated carbocycles. The van der Waals surface area contributed by atoms with Crippen molar-refractivity contribution in [2.45, 2.75) is 0 Å². The fourth-order valence-electron chi connectivity index (χ4n) is 0.596. The van der Waals surface area contributed by atoms with Gasteiger partial charge < -0.3 is 10.4 Å². The zero-order chi connectivity index (χ0) is 8.27. The first-order chi connectivity index (χ1) is 5.24. The summed E-state index contributed by atoms with van der Waals surface area (Å²) in [5.74, 6) is -0.0472. The highest BCUT2D eigenvalue weighted by Crippen LogP contribution is 2.22. The average Bonchev–Trinajstić information content (AvgIpc) is 1.95. The Hall–Kier alpha value is -1.29. The molecule has 0 aliphatic heterocycles. The third kappa shape index (κ3) is 1.81. The molecular formula is C6H5ClN2O2. The van der Waals surface area contributed by atoms with Crippen LogP contribution in [0.15, 0.2) is 12.3 Å². The number of hydrogen-bond acceptors (Lipinski definition) is 3. The number of rotatable bonds is 2. The van der Waals surface area contributed by atoms with E-state index in [0.717, 1.165) is 0 Å². The molecule has 2 N–H and O–H groups in total. The molecule has 0 fully saturated rings. The molecule has 0 radical (unpaired) electrons. The van der Waals surface area contributed by atoms with Gasteiger partial charge in [-0.1, -0.05) is 11.6 Å². The Morgan fingerprint density at radius 1 is 1.73 bits per heavy atom. The molecule has 58 valence electrons. The van der Waals surface area contributed by atoms with Gasteiger partial charge in [0.2, 0.25) is 6.41 Å². The van der Waals surface area contributed by atoms with E-state index in [9.17, 15) is 4.79 Å². The van der Waals surface area contributed by atoms with Crippen LogP contribution in [0.1, 0.15) is 0 Å². The Morgan fingerprint density at radius 3 is 3.00 bits per heavy atom. The monoisotopic (exact) mass is 172 g/mol. The van der Waals surface area contributed by atoms with E-state index in [4.69, 9.17) is 16.7 Å². The van der Waals surface area contributed by atoms with Crippen LogP contribution in [0.25, 0.3) is 0 Å². The minimum absolute atomic E-state index is 0.101. The highest BCUT2D eigenvalue weighted by atomic mass is 35.5. The fraction of sp³-hybridized carbons (Fsp3) is 0. The summed E-state index contributed by atoms with van der Waals surface area (Å²) in [6, 6.07) is 1.29. The van der Waals surface area contributed by atoms with Gasteiger partial charge in [-0.2, -0.15) is 0 Å². The van der Waals surface area contributed by atoms with Crippen molar-refractivity contribution in [1.82, 2.24) is 4.98 Å². The van der Waals surface area contributed by atoms with Crippen molar-refractivity contribution in [3.8, 4) is 5.75 Å². The Labute approximate surface area is 67.8 Å². The number of halogens is 1. The molecular weight excluding hydrogens is 168 g/mol. The maximum Gasteiger partial charge on any atom is 0.212 e. The molecule has 0 unspecified atom stereocenters. The zero-order valence-corrected chi connectivity index (χ0v) is 6.17. The van der Waals surface area contributed by atoms with Gasteiger partial charge >= 0.3 is 0 Å². The normalized spacial score (nSPS) is 9.18. The number of pyridine rings is 1. The summed E-state index contributed by atoms with van der Waals surface area (Å²) in [4.78, 5) is 13.6. The van der Waals surface area contributed by atoms with Crippen molar-refractivity contribution >= 4 is 23.8 Å². The maximum absolute atomic E-state index is 9.92. The van der Waals surface area contributed by atoms with Gasteiger partial charge in [0, 0.05) is 12.3 Å². The number of hydrogen-bond donors (Lipinski definition) is 2. The number of aromatic nitrogens is 1. The summed E-state index contributed by atoms with van der Waals surface area (Å²) in [6.45, 7) is 0. The number of aromatic hydroxyl groups is 1. The van der Waals surface area contributed by atoms with Crippen LogP contribution in [0.3, 0.4) is 0 Å². The van der Waals surface area contributed by atoms with Crippen molar-refractivity contribution in [3.05, 3.63) is 17.3 Å². The van der Waals surface area contributed by atoms with Crippen LogP contribution in [0.2, 0.25) is 5.02 Å². The van der Waals surface area contributed by atoms with Gasteiger partial charge in [0.15, 0.2) is 11.6 Å². The van der Waals surface area contributed by atoms with Crippen molar-refractivity contribution < 1.29 is 9.90 Å². The zero-order valence-electron chi connectivity index (χ0n) is 5.41. The molecule has 5 heteroatoms. The van der Waals surface area contributed by atoms with Crippen LogP contribution in [0.5, 0.6) is 5.75 Å². The molecule has 0 bridgehead atoms. The number of carbonyl (C=O) groups is 1. The van der Waals surface area contributed by atoms with Crippen LogP contribution in [-0.4, -0.2) is 16.5 Å². The standard InChI is InChI=1S/C6H5ClN2O2/c7-4-1-5(11)6(8-2-4)9-3-10/h1-3,11H,(H,8,9,10). The Morgan fingerprint density at radius 2 is 2.45 bits per heavy atom. The molecule has 1 heterocycles. The molecule has 1 rings (SSSR count). The van der Waals surface area contributed by atoms with E-state index in [2.05, 4.69) is 10.3 Å². The first-order valence-electron chi connectivity index (χ1n) is 2.78. The van der Waals surface area contributed by atoms with Gasteiger partial charge in [0.05, 0.1) is 5.02 Å². The van der Waals surface area contributed by atoms with E-state index in [1.165, 1.54) is 12.3 Å². The lowest BCUT2D eigenvalue weighted by molar-refractivity contribution is -0.105. The van der Waals surface area contributed by atoms with E-state index in [-0.39, 0.29) is 11.6 Å². The summed E-state index contributed by atoms with van der Waals surface area (Å²) >= 11 is 5.48. The lowest BCUT2D eigenvalue weighted by Gasteiger charge is -1.99. The number of nitrogens with one attached hydrogen (secondary N) is 1. The second kappa shape index (κ2) is 3.21. The van der Waals surface area contributed by atoms with Crippen molar-refractivity contribution in [2.75, 3.05) is 5.32 Å². The third-order valence-corrected chi connectivity index (χ3v) is 1.24. The Kier molecular flexibility index (Phi) is 2.28. The summed E-state index contributed by atoms with van der Waals surface area (Å²) in [7, 11) is 0. The number of nitrogens with zero attached hydrogens (tertiary/aromatic N) is 1. The van der Waals surface area contributed by atoms with Crippen molar-refractivity contribution in [2.24, 2.45) is 0 Å². The highest BCUT2D eigenvalue weighted by Gasteiger charge is 2.00. The minimum Gasteiger partial charge on any atom is -0.504 e. The molecule has 4 nitrogen and oxygen atoms in total. The van der Waals surface area contributed by atoms with Crippen LogP contribution < -0.4 is 5.32 Å². The van der Waals surface area contributed by atoms with Crippen LogP contribution in [0, 0.1) is 0 Å². The predicted molar refractivity (Wildman–Crippen MR) is 40.6 cm³/mol. The van der Waals surface area contributed by atoms with Gasteiger partial charge in [-0.05, 0) is 0 Å². The third-order valence-electron chi connectivity index (χ3n) is 1.03. The van der Waals surface area contributed by atoms with E-state index < -0.39 is 0 Å². The predicted octanol–water partition coefficient (Wildman–Crippen LogP) is 1.01. The molecule has 1 aromatic rings. The van der Waals surface area contributed by atoms with E-state index in [0.29, 0.717) is 11.4 Å². The maximum atomic E-state index is 9.92. The molecule has 0 atom stereocenters. The second-order valence-electron chi connectivity index (χ2n) is 1.78. The molecule has 0 aliphatic carbocycles. The van der Waals surface area contributed by atoms with E-state index in [1.807, 2.05) is 0 Å². The van der Waals surface area contributed by atoms with Crippen molar-refractivity contribution in [3.63, 3.8) is 0 Å². The molecule has 0 spiro atoms. The molecule has 1 aromatic heterocycles. The second-order valence-corrected chi connectivity index (χ2v) is 2.22. The van der Waals surface area contributed by atoms with Crippen molar-refractivity contribution in [1.29, 1.82) is 0 Å². The molecule has 11 heavy (non-hydrogen) atoms. The number of anilines is 1. The van der Waals surface area contributed by atoms with Gasteiger partial charge in [0.1, 0.15) is 0 Å². The Balaban J connectivity index is 2.98. The minimum atomic E-state index is -0.149. The summed E-state index contributed by atoms with van der Waals surface area (Å²) in [5.41, 5.74) is 0. The van der Waals surface area contributed by atoms with Gasteiger partial charge in [0.25, 0.3) is 0 Å². The van der Waals surface area contributed by atoms with Gasteiger partial charge in [-0.25, -0.2) is 4.98 Å².